The van der Waals surface area contributed by atoms with Gasteiger partial charge in [0.15, 0.2) is 10.3 Å². The number of halogens is 4. The van der Waals surface area contributed by atoms with Gasteiger partial charge in [-0.2, -0.15) is 13.2 Å². The van der Waals surface area contributed by atoms with Gasteiger partial charge >= 0.3 is 12.1 Å². The lowest BCUT2D eigenvalue weighted by molar-refractivity contribution is -0.186. The van der Waals surface area contributed by atoms with Crippen molar-refractivity contribution in [2.24, 2.45) is 0 Å². The van der Waals surface area contributed by atoms with Crippen LogP contribution in [0.4, 0.5) is 13.2 Å². The molecule has 0 unspecified atom stereocenters. The predicted octanol–water partition coefficient (Wildman–Crippen LogP) is 2.76. The standard InChI is InChI=1S/C13H12BrF3N4O/c14-9-11-18-4-1-5-21(11)10(19-9)8-2-6-20(7-3-8)12(22)13(15,16)17/h1,4-5,8H,2-3,6-7H2. The Hall–Kier alpha value is -1.64. The highest BCUT2D eigenvalue weighted by atomic mass is 79.9. The van der Waals surface area contributed by atoms with E-state index in [9.17, 15) is 18.0 Å². The van der Waals surface area contributed by atoms with Crippen LogP contribution in [0, 0.1) is 0 Å². The third-order valence-corrected chi connectivity index (χ3v) is 4.31. The first-order chi connectivity index (χ1) is 10.4. The molecule has 0 bridgehead atoms. The normalized spacial score (nSPS) is 17.2. The van der Waals surface area contributed by atoms with E-state index in [-0.39, 0.29) is 19.0 Å². The zero-order valence-electron chi connectivity index (χ0n) is 11.3. The van der Waals surface area contributed by atoms with Crippen molar-refractivity contribution in [3.05, 3.63) is 28.9 Å². The zero-order valence-corrected chi connectivity index (χ0v) is 12.9. The van der Waals surface area contributed by atoms with Crippen molar-refractivity contribution < 1.29 is 18.0 Å². The molecule has 3 heterocycles. The molecular formula is C13H12BrF3N4O. The van der Waals surface area contributed by atoms with Crippen LogP contribution in [0.1, 0.15) is 24.6 Å². The molecule has 2 aromatic heterocycles. The Kier molecular flexibility index (Phi) is 3.84. The molecule has 2 aromatic rings. The number of hydrogen-bond donors (Lipinski definition) is 0. The average Bonchev–Trinajstić information content (AvgIpc) is 2.83. The number of likely N-dealkylation sites (tertiary alicyclic amines) is 1. The maximum absolute atomic E-state index is 12.4. The van der Waals surface area contributed by atoms with Crippen LogP contribution in [0.2, 0.25) is 0 Å². The van der Waals surface area contributed by atoms with E-state index in [1.807, 2.05) is 10.6 Å². The van der Waals surface area contributed by atoms with Gasteiger partial charge in [-0.3, -0.25) is 9.20 Å². The molecule has 0 saturated carbocycles. The number of nitrogens with zero attached hydrogens (tertiary/aromatic N) is 4. The van der Waals surface area contributed by atoms with Crippen molar-refractivity contribution in [2.75, 3.05) is 13.1 Å². The van der Waals surface area contributed by atoms with Crippen molar-refractivity contribution in [3.63, 3.8) is 0 Å². The average molecular weight is 377 g/mol. The van der Waals surface area contributed by atoms with Gasteiger partial charge in [0.25, 0.3) is 0 Å². The van der Waals surface area contributed by atoms with Crippen LogP contribution in [-0.4, -0.2) is 44.4 Å². The quantitative estimate of drug-likeness (QED) is 0.768. The summed E-state index contributed by atoms with van der Waals surface area (Å²) in [6.07, 6.45) is -0.441. The summed E-state index contributed by atoms with van der Waals surface area (Å²) in [6, 6.07) is 1.77. The lowest BCUT2D eigenvalue weighted by Crippen LogP contribution is -2.45. The second kappa shape index (κ2) is 5.53. The van der Waals surface area contributed by atoms with Crippen molar-refractivity contribution >= 4 is 27.5 Å². The molecule has 9 heteroatoms. The molecule has 1 aliphatic rings. The molecule has 1 aliphatic heterocycles. The Morgan fingerprint density at radius 1 is 1.32 bits per heavy atom. The molecule has 5 nitrogen and oxygen atoms in total. The van der Waals surface area contributed by atoms with Gasteiger partial charge in [-0.1, -0.05) is 0 Å². The predicted molar refractivity (Wildman–Crippen MR) is 75.3 cm³/mol. The van der Waals surface area contributed by atoms with Gasteiger partial charge in [0, 0.05) is 31.4 Å². The number of fused-ring (bicyclic) bond motifs is 1. The van der Waals surface area contributed by atoms with Gasteiger partial charge in [-0.05, 0) is 34.8 Å². The monoisotopic (exact) mass is 376 g/mol. The molecule has 0 radical (unpaired) electrons. The van der Waals surface area contributed by atoms with Gasteiger partial charge in [0.05, 0.1) is 0 Å². The van der Waals surface area contributed by atoms with Gasteiger partial charge < -0.3 is 4.90 Å². The second-order valence-corrected chi connectivity index (χ2v) is 5.89. The number of carbonyl (C=O) groups excluding carboxylic acids is 1. The first-order valence-electron chi connectivity index (χ1n) is 6.72. The summed E-state index contributed by atoms with van der Waals surface area (Å²) in [5.74, 6) is -1.00. The van der Waals surface area contributed by atoms with Crippen molar-refractivity contribution in [2.45, 2.75) is 24.9 Å². The smallest absolute Gasteiger partial charge is 0.335 e. The summed E-state index contributed by atoms with van der Waals surface area (Å²) in [7, 11) is 0. The van der Waals surface area contributed by atoms with E-state index < -0.39 is 12.1 Å². The van der Waals surface area contributed by atoms with Gasteiger partial charge in [0.1, 0.15) is 5.82 Å². The fourth-order valence-corrected chi connectivity index (χ4v) is 3.20. The lowest BCUT2D eigenvalue weighted by atomic mass is 9.96. The van der Waals surface area contributed by atoms with Crippen LogP contribution in [0.5, 0.6) is 0 Å². The van der Waals surface area contributed by atoms with Gasteiger partial charge in [-0.25, -0.2) is 9.97 Å². The minimum Gasteiger partial charge on any atom is -0.335 e. The second-order valence-electron chi connectivity index (χ2n) is 5.14. The third kappa shape index (κ3) is 2.69. The van der Waals surface area contributed by atoms with Crippen LogP contribution in [0.15, 0.2) is 23.1 Å². The van der Waals surface area contributed by atoms with E-state index in [1.165, 1.54) is 0 Å². The van der Waals surface area contributed by atoms with E-state index >= 15 is 0 Å². The SMILES string of the molecule is O=C(N1CCC(c2nc(Br)c3ncccn23)CC1)C(F)(F)F. The minimum absolute atomic E-state index is 0.000263. The fraction of sp³-hybridized carbons (Fsp3) is 0.462. The van der Waals surface area contributed by atoms with E-state index in [4.69, 9.17) is 0 Å². The molecule has 0 atom stereocenters. The summed E-state index contributed by atoms with van der Waals surface area (Å²) in [6.45, 7) is 0.158. The molecule has 1 saturated heterocycles. The number of rotatable bonds is 1. The van der Waals surface area contributed by atoms with Gasteiger partial charge in [0.2, 0.25) is 0 Å². The molecule has 22 heavy (non-hydrogen) atoms. The van der Waals surface area contributed by atoms with E-state index in [2.05, 4.69) is 25.9 Å². The van der Waals surface area contributed by atoms with E-state index in [0.29, 0.717) is 23.1 Å². The van der Waals surface area contributed by atoms with Crippen LogP contribution >= 0.6 is 15.9 Å². The number of hydrogen-bond acceptors (Lipinski definition) is 3. The van der Waals surface area contributed by atoms with Crippen molar-refractivity contribution in [3.8, 4) is 0 Å². The number of imidazole rings is 1. The van der Waals surface area contributed by atoms with Crippen LogP contribution < -0.4 is 0 Å². The Labute approximate surface area is 132 Å². The Morgan fingerprint density at radius 3 is 2.64 bits per heavy atom. The topological polar surface area (TPSA) is 50.5 Å². The number of carbonyl (C=O) groups is 1. The van der Waals surface area contributed by atoms with Crippen LogP contribution in [0.25, 0.3) is 5.65 Å². The number of aromatic nitrogens is 3. The molecule has 0 N–H and O–H groups in total. The lowest BCUT2D eigenvalue weighted by Gasteiger charge is -2.31. The Bertz CT molecular complexity index is 707. The minimum atomic E-state index is -4.81. The maximum atomic E-state index is 12.4. The molecule has 3 rings (SSSR count). The highest BCUT2D eigenvalue weighted by Gasteiger charge is 2.43. The van der Waals surface area contributed by atoms with E-state index in [0.717, 1.165) is 10.7 Å². The van der Waals surface area contributed by atoms with Gasteiger partial charge in [-0.15, -0.1) is 0 Å². The molecule has 118 valence electrons. The summed E-state index contributed by atoms with van der Waals surface area (Å²) in [4.78, 5) is 20.7. The first kappa shape index (κ1) is 15.3. The zero-order chi connectivity index (χ0) is 15.9. The highest BCUT2D eigenvalue weighted by Crippen LogP contribution is 2.31. The van der Waals surface area contributed by atoms with E-state index in [1.54, 1.807) is 12.3 Å². The number of piperidine rings is 1. The number of amides is 1. The number of alkyl halides is 3. The summed E-state index contributed by atoms with van der Waals surface area (Å²) in [5, 5.41) is 0. The summed E-state index contributed by atoms with van der Waals surface area (Å²) in [5.41, 5.74) is 0.672. The Morgan fingerprint density at radius 2 is 2.00 bits per heavy atom. The summed E-state index contributed by atoms with van der Waals surface area (Å²) >= 11 is 3.34. The largest absolute Gasteiger partial charge is 0.471 e. The van der Waals surface area contributed by atoms with Crippen molar-refractivity contribution in [1.29, 1.82) is 0 Å². The third-order valence-electron chi connectivity index (χ3n) is 3.78. The molecule has 0 aromatic carbocycles. The summed E-state index contributed by atoms with van der Waals surface area (Å²) < 4.78 is 39.8. The van der Waals surface area contributed by atoms with Crippen molar-refractivity contribution in [1.82, 2.24) is 19.3 Å². The highest BCUT2D eigenvalue weighted by molar-refractivity contribution is 9.10. The molecule has 0 aliphatic carbocycles. The molecule has 1 fully saturated rings. The molecule has 0 spiro atoms. The Balaban J connectivity index is 1.78. The first-order valence-corrected chi connectivity index (χ1v) is 7.52. The molecular weight excluding hydrogens is 365 g/mol. The van der Waals surface area contributed by atoms with Crippen LogP contribution in [-0.2, 0) is 4.79 Å². The fourth-order valence-electron chi connectivity index (χ4n) is 2.72. The van der Waals surface area contributed by atoms with Crippen LogP contribution in [0.3, 0.4) is 0 Å². The maximum Gasteiger partial charge on any atom is 0.471 e. The molecule has 1 amide bonds.